The normalized spacial score (nSPS) is 12.1. The maximum Gasteiger partial charge on any atom is 0.326 e. The predicted octanol–water partition coefficient (Wildman–Crippen LogP) is 3.28. The van der Waals surface area contributed by atoms with Crippen LogP contribution in [-0.2, 0) is 16.0 Å². The summed E-state index contributed by atoms with van der Waals surface area (Å²) in [7, 11) is 0. The van der Waals surface area contributed by atoms with Gasteiger partial charge in [-0.2, -0.15) is 0 Å². The molecule has 6 nitrogen and oxygen atoms in total. The zero-order valence-electron chi connectivity index (χ0n) is 14.6. The van der Waals surface area contributed by atoms with Crippen molar-refractivity contribution in [3.8, 4) is 11.3 Å². The van der Waals surface area contributed by atoms with Gasteiger partial charge in [0.2, 0.25) is 5.91 Å². The Morgan fingerprint density at radius 1 is 1.24 bits per heavy atom. The molecule has 0 bridgehead atoms. The quantitative estimate of drug-likeness (QED) is 0.728. The van der Waals surface area contributed by atoms with Crippen LogP contribution < -0.4 is 5.32 Å². The van der Waals surface area contributed by atoms with Crippen molar-refractivity contribution in [1.82, 2.24) is 10.3 Å². The number of hydrogen-bond acceptors (Lipinski definition) is 4. The van der Waals surface area contributed by atoms with E-state index in [0.717, 1.165) is 5.56 Å². The van der Waals surface area contributed by atoms with Gasteiger partial charge in [-0.3, -0.25) is 4.79 Å². The molecule has 0 spiro atoms. The molecule has 1 amide bonds. The summed E-state index contributed by atoms with van der Waals surface area (Å²) in [5, 5.41) is 11.7. The van der Waals surface area contributed by atoms with Gasteiger partial charge in [0.1, 0.15) is 6.04 Å². The molecular formula is C19H24N2O4. The lowest BCUT2D eigenvalue weighted by molar-refractivity contribution is -0.142. The lowest BCUT2D eigenvalue weighted by Gasteiger charge is -2.16. The van der Waals surface area contributed by atoms with Gasteiger partial charge in [-0.1, -0.05) is 44.2 Å². The molecule has 1 aromatic carbocycles. The first kappa shape index (κ1) is 18.7. The fraction of sp³-hybridized carbons (Fsp3) is 0.421. The number of nitrogens with zero attached hydrogens (tertiary/aromatic N) is 1. The summed E-state index contributed by atoms with van der Waals surface area (Å²) in [6.07, 6.45) is 3.41. The van der Waals surface area contributed by atoms with Crippen molar-refractivity contribution in [2.45, 2.75) is 45.6 Å². The van der Waals surface area contributed by atoms with Crippen LogP contribution in [0.5, 0.6) is 0 Å². The number of aryl methyl sites for hydroxylation is 1. The van der Waals surface area contributed by atoms with E-state index in [4.69, 9.17) is 9.52 Å². The lowest BCUT2D eigenvalue weighted by atomic mass is 10.0. The Morgan fingerprint density at radius 2 is 1.96 bits per heavy atom. The molecule has 2 aromatic rings. The van der Waals surface area contributed by atoms with E-state index >= 15 is 0 Å². The molecule has 6 heteroatoms. The zero-order chi connectivity index (χ0) is 18.2. The lowest BCUT2D eigenvalue weighted by Crippen LogP contribution is -2.41. The molecule has 0 aliphatic heterocycles. The fourth-order valence-corrected chi connectivity index (χ4v) is 2.52. The number of oxazole rings is 1. The van der Waals surface area contributed by atoms with Gasteiger partial charge in [0.05, 0.1) is 6.20 Å². The molecule has 2 N–H and O–H groups in total. The minimum atomic E-state index is -0.998. The van der Waals surface area contributed by atoms with Gasteiger partial charge in [0.25, 0.3) is 0 Å². The van der Waals surface area contributed by atoms with E-state index in [0.29, 0.717) is 30.9 Å². The van der Waals surface area contributed by atoms with Gasteiger partial charge in [-0.15, -0.1) is 0 Å². The van der Waals surface area contributed by atoms with Gasteiger partial charge in [-0.25, -0.2) is 9.78 Å². The van der Waals surface area contributed by atoms with Crippen molar-refractivity contribution in [1.29, 1.82) is 0 Å². The zero-order valence-corrected chi connectivity index (χ0v) is 14.6. The number of benzene rings is 1. The highest BCUT2D eigenvalue weighted by Crippen LogP contribution is 2.20. The first-order valence-corrected chi connectivity index (χ1v) is 8.48. The molecule has 0 saturated carbocycles. The third-order valence-electron chi connectivity index (χ3n) is 3.75. The number of rotatable bonds is 9. The summed E-state index contributed by atoms with van der Waals surface area (Å²) >= 11 is 0. The summed E-state index contributed by atoms with van der Waals surface area (Å²) in [6, 6.07) is 8.84. The highest BCUT2D eigenvalue weighted by molar-refractivity contribution is 5.83. The van der Waals surface area contributed by atoms with Crippen LogP contribution in [0.15, 0.2) is 40.9 Å². The van der Waals surface area contributed by atoms with E-state index in [9.17, 15) is 9.59 Å². The Morgan fingerprint density at radius 3 is 2.60 bits per heavy atom. The number of aliphatic carboxylic acids is 1. The van der Waals surface area contributed by atoms with E-state index in [-0.39, 0.29) is 18.2 Å². The standard InChI is InChI=1S/C19H24N2O4/c1-13(2)11-15(19(23)24)21-17(22)9-6-10-18-20-12-16(25-18)14-7-4-3-5-8-14/h3-5,7-8,12-13,15H,6,9-11H2,1-2H3,(H,21,22)(H,23,24)/t15-/m1/s1. The number of carbonyl (C=O) groups is 2. The highest BCUT2D eigenvalue weighted by atomic mass is 16.4. The Bertz CT molecular complexity index is 694. The number of nitrogens with one attached hydrogen (secondary N) is 1. The molecule has 1 heterocycles. The Kier molecular flexibility index (Phi) is 6.74. The summed E-state index contributed by atoms with van der Waals surface area (Å²) < 4.78 is 5.69. The van der Waals surface area contributed by atoms with Gasteiger partial charge in [-0.05, 0) is 18.8 Å². The molecule has 1 atom stereocenters. The van der Waals surface area contributed by atoms with Crippen molar-refractivity contribution in [2.24, 2.45) is 5.92 Å². The van der Waals surface area contributed by atoms with Crippen molar-refractivity contribution in [3.05, 3.63) is 42.4 Å². The molecule has 0 radical (unpaired) electrons. The van der Waals surface area contributed by atoms with Crippen LogP contribution in [0.25, 0.3) is 11.3 Å². The number of carboxylic acids is 1. The van der Waals surface area contributed by atoms with Crippen LogP contribution in [0.3, 0.4) is 0 Å². The smallest absolute Gasteiger partial charge is 0.326 e. The Labute approximate surface area is 147 Å². The predicted molar refractivity (Wildman–Crippen MR) is 93.9 cm³/mol. The fourth-order valence-electron chi connectivity index (χ4n) is 2.52. The van der Waals surface area contributed by atoms with Gasteiger partial charge in [0.15, 0.2) is 11.7 Å². The third-order valence-corrected chi connectivity index (χ3v) is 3.75. The SMILES string of the molecule is CC(C)C[C@@H](NC(=O)CCCc1ncc(-c2ccccc2)o1)C(=O)O. The van der Waals surface area contributed by atoms with Gasteiger partial charge < -0.3 is 14.8 Å². The second-order valence-corrected chi connectivity index (χ2v) is 6.43. The molecule has 1 aromatic heterocycles. The minimum absolute atomic E-state index is 0.199. The van der Waals surface area contributed by atoms with Crippen molar-refractivity contribution < 1.29 is 19.1 Å². The van der Waals surface area contributed by atoms with Crippen LogP contribution in [-0.4, -0.2) is 28.0 Å². The van der Waals surface area contributed by atoms with Crippen molar-refractivity contribution >= 4 is 11.9 Å². The molecule has 2 rings (SSSR count). The van der Waals surface area contributed by atoms with E-state index < -0.39 is 12.0 Å². The second-order valence-electron chi connectivity index (χ2n) is 6.43. The molecule has 25 heavy (non-hydrogen) atoms. The van der Waals surface area contributed by atoms with E-state index in [1.54, 1.807) is 6.20 Å². The molecule has 0 aliphatic rings. The topological polar surface area (TPSA) is 92.4 Å². The summed E-state index contributed by atoms with van der Waals surface area (Å²) in [6.45, 7) is 3.85. The van der Waals surface area contributed by atoms with Crippen LogP contribution in [0, 0.1) is 5.92 Å². The van der Waals surface area contributed by atoms with Crippen LogP contribution in [0.2, 0.25) is 0 Å². The average Bonchev–Trinajstić information content (AvgIpc) is 3.03. The number of carbonyl (C=O) groups excluding carboxylic acids is 1. The maximum absolute atomic E-state index is 11.9. The number of hydrogen-bond donors (Lipinski definition) is 2. The average molecular weight is 344 g/mol. The number of amides is 1. The summed E-state index contributed by atoms with van der Waals surface area (Å²) in [5.74, 6) is 0.210. The Balaban J connectivity index is 1.79. The molecule has 0 saturated heterocycles. The largest absolute Gasteiger partial charge is 0.480 e. The first-order chi connectivity index (χ1) is 12.0. The van der Waals surface area contributed by atoms with E-state index in [1.807, 2.05) is 44.2 Å². The van der Waals surface area contributed by atoms with Crippen LogP contribution >= 0.6 is 0 Å². The molecule has 134 valence electrons. The van der Waals surface area contributed by atoms with Crippen molar-refractivity contribution in [3.63, 3.8) is 0 Å². The molecule has 0 aliphatic carbocycles. The number of aromatic nitrogens is 1. The molecular weight excluding hydrogens is 320 g/mol. The van der Waals surface area contributed by atoms with Gasteiger partial charge in [0, 0.05) is 18.4 Å². The Hall–Kier alpha value is -2.63. The van der Waals surface area contributed by atoms with E-state index in [1.165, 1.54) is 0 Å². The van der Waals surface area contributed by atoms with E-state index in [2.05, 4.69) is 10.3 Å². The van der Waals surface area contributed by atoms with Crippen molar-refractivity contribution in [2.75, 3.05) is 0 Å². The third kappa shape index (κ3) is 6.06. The molecule has 0 unspecified atom stereocenters. The van der Waals surface area contributed by atoms with Crippen LogP contribution in [0.1, 0.15) is 39.0 Å². The van der Waals surface area contributed by atoms with Gasteiger partial charge >= 0.3 is 5.97 Å². The highest BCUT2D eigenvalue weighted by Gasteiger charge is 2.20. The van der Waals surface area contributed by atoms with Crippen LogP contribution in [0.4, 0.5) is 0 Å². The molecule has 0 fully saturated rings. The first-order valence-electron chi connectivity index (χ1n) is 8.48. The second kappa shape index (κ2) is 9.01. The summed E-state index contributed by atoms with van der Waals surface area (Å²) in [5.41, 5.74) is 0.956. The monoisotopic (exact) mass is 344 g/mol. The minimum Gasteiger partial charge on any atom is -0.480 e. The maximum atomic E-state index is 11.9. The number of carboxylic acid groups (broad SMARTS) is 1. The summed E-state index contributed by atoms with van der Waals surface area (Å²) in [4.78, 5) is 27.3.